The summed E-state index contributed by atoms with van der Waals surface area (Å²) in [5, 5.41) is 3.23. The van der Waals surface area contributed by atoms with Crippen LogP contribution in [-0.4, -0.2) is 28.1 Å². The first kappa shape index (κ1) is 14.7. The predicted molar refractivity (Wildman–Crippen MR) is 79.5 cm³/mol. The van der Waals surface area contributed by atoms with Crippen LogP contribution < -0.4 is 10.0 Å². The minimum absolute atomic E-state index is 0.293. The molecule has 0 saturated carbocycles. The molecule has 1 aromatic rings. The van der Waals surface area contributed by atoms with E-state index in [-0.39, 0.29) is 0 Å². The number of hydrogen-bond donors (Lipinski definition) is 2. The van der Waals surface area contributed by atoms with Gasteiger partial charge in [-0.15, -0.1) is 0 Å². The van der Waals surface area contributed by atoms with Gasteiger partial charge in [0.25, 0.3) is 0 Å². The smallest absolute Gasteiger partial charge is 0.240 e. The van der Waals surface area contributed by atoms with Crippen LogP contribution in [0, 0.1) is 0 Å². The van der Waals surface area contributed by atoms with E-state index in [1.807, 2.05) is 0 Å². The number of nitrogens with one attached hydrogen (secondary N) is 2. The highest BCUT2D eigenvalue weighted by Crippen LogP contribution is 2.16. The zero-order valence-corrected chi connectivity index (χ0v) is 12.9. The summed E-state index contributed by atoms with van der Waals surface area (Å²) in [6.45, 7) is 2.30. The maximum atomic E-state index is 12.1. The first-order valence-corrected chi connectivity index (χ1v) is 8.49. The molecule has 1 aromatic carbocycles. The summed E-state index contributed by atoms with van der Waals surface area (Å²) < 4.78 is 27.5. The van der Waals surface area contributed by atoms with Crippen molar-refractivity contribution >= 4 is 26.0 Å². The van der Waals surface area contributed by atoms with E-state index < -0.39 is 10.0 Å². The van der Waals surface area contributed by atoms with Crippen LogP contribution in [0.4, 0.5) is 0 Å². The van der Waals surface area contributed by atoms with Gasteiger partial charge in [-0.25, -0.2) is 13.1 Å². The third-order valence-electron chi connectivity index (χ3n) is 3.00. The van der Waals surface area contributed by atoms with Gasteiger partial charge >= 0.3 is 0 Å². The van der Waals surface area contributed by atoms with Gasteiger partial charge in [-0.2, -0.15) is 0 Å². The molecule has 0 unspecified atom stereocenters. The lowest BCUT2D eigenvalue weighted by atomic mass is 10.1. The van der Waals surface area contributed by atoms with E-state index in [1.165, 1.54) is 5.57 Å². The van der Waals surface area contributed by atoms with Crippen LogP contribution in [0.15, 0.2) is 45.3 Å². The second kappa shape index (κ2) is 6.65. The predicted octanol–water partition coefficient (Wildman–Crippen LogP) is 2.04. The average molecular weight is 345 g/mol. The number of rotatable bonds is 5. The summed E-state index contributed by atoms with van der Waals surface area (Å²) in [6.07, 6.45) is 3.91. The fraction of sp³-hybridized carbons (Fsp3) is 0.385. The fourth-order valence-corrected chi connectivity index (χ4v) is 3.59. The molecule has 1 aliphatic rings. The molecular weight excluding hydrogens is 328 g/mol. The Morgan fingerprint density at radius 3 is 2.89 bits per heavy atom. The Bertz CT molecular complexity index is 570. The summed E-state index contributed by atoms with van der Waals surface area (Å²) >= 11 is 3.28. The Kier molecular flexibility index (Phi) is 5.15. The van der Waals surface area contributed by atoms with Gasteiger partial charge in [0, 0.05) is 17.6 Å². The van der Waals surface area contributed by atoms with Gasteiger partial charge in [0.05, 0.1) is 4.90 Å². The Morgan fingerprint density at radius 1 is 1.37 bits per heavy atom. The third kappa shape index (κ3) is 4.42. The van der Waals surface area contributed by atoms with Crippen LogP contribution in [0.1, 0.15) is 12.8 Å². The molecule has 0 bridgehead atoms. The molecule has 1 aliphatic heterocycles. The van der Waals surface area contributed by atoms with E-state index in [0.717, 1.165) is 30.4 Å². The number of hydrogen-bond acceptors (Lipinski definition) is 3. The number of halogens is 1. The van der Waals surface area contributed by atoms with Crippen LogP contribution in [0.5, 0.6) is 0 Å². The molecule has 104 valence electrons. The Balaban J connectivity index is 1.92. The van der Waals surface area contributed by atoms with Crippen molar-refractivity contribution in [3.05, 3.63) is 40.4 Å². The monoisotopic (exact) mass is 344 g/mol. The highest BCUT2D eigenvalue weighted by atomic mass is 79.9. The molecule has 2 rings (SSSR count). The average Bonchev–Trinajstić information content (AvgIpc) is 2.40. The molecule has 0 amide bonds. The first-order valence-electron chi connectivity index (χ1n) is 6.22. The van der Waals surface area contributed by atoms with Crippen molar-refractivity contribution in [2.45, 2.75) is 17.7 Å². The summed E-state index contributed by atoms with van der Waals surface area (Å²) in [6, 6.07) is 6.72. The first-order chi connectivity index (χ1) is 9.08. The van der Waals surface area contributed by atoms with Crippen LogP contribution in [0.3, 0.4) is 0 Å². The molecule has 0 fully saturated rings. The molecule has 6 heteroatoms. The van der Waals surface area contributed by atoms with Gasteiger partial charge in [-0.3, -0.25) is 0 Å². The van der Waals surface area contributed by atoms with E-state index >= 15 is 0 Å². The zero-order chi connectivity index (χ0) is 13.7. The normalized spacial score (nSPS) is 16.2. The molecule has 0 aliphatic carbocycles. The maximum Gasteiger partial charge on any atom is 0.240 e. The second-order valence-corrected chi connectivity index (χ2v) is 7.10. The van der Waals surface area contributed by atoms with Gasteiger partial charge in [0.15, 0.2) is 0 Å². The van der Waals surface area contributed by atoms with Crippen LogP contribution in [0.25, 0.3) is 0 Å². The summed E-state index contributed by atoms with van der Waals surface area (Å²) in [7, 11) is -3.41. The molecule has 0 aromatic heterocycles. The van der Waals surface area contributed by atoms with E-state index in [4.69, 9.17) is 0 Å². The molecule has 0 radical (unpaired) electrons. The largest absolute Gasteiger partial charge is 0.313 e. The molecule has 1 heterocycles. The molecular formula is C13H17BrN2O2S. The second-order valence-electron chi connectivity index (χ2n) is 4.42. The fourth-order valence-electron chi connectivity index (χ4n) is 1.96. The summed E-state index contributed by atoms with van der Waals surface area (Å²) in [4.78, 5) is 0.293. The van der Waals surface area contributed by atoms with Crippen LogP contribution in [-0.2, 0) is 10.0 Å². The minimum Gasteiger partial charge on any atom is -0.313 e. The highest BCUT2D eigenvalue weighted by molar-refractivity contribution is 9.10. The molecule has 0 spiro atoms. The van der Waals surface area contributed by atoms with Gasteiger partial charge in [-0.05, 0) is 37.6 Å². The Morgan fingerprint density at radius 2 is 2.21 bits per heavy atom. The van der Waals surface area contributed by atoms with E-state index in [2.05, 4.69) is 32.0 Å². The lowest BCUT2D eigenvalue weighted by Gasteiger charge is -2.14. The van der Waals surface area contributed by atoms with Crippen molar-refractivity contribution in [2.75, 3.05) is 19.6 Å². The quantitative estimate of drug-likeness (QED) is 0.803. The Labute approximate surface area is 122 Å². The highest BCUT2D eigenvalue weighted by Gasteiger charge is 2.13. The lowest BCUT2D eigenvalue weighted by Crippen LogP contribution is -2.26. The number of benzene rings is 1. The van der Waals surface area contributed by atoms with E-state index in [9.17, 15) is 8.42 Å². The van der Waals surface area contributed by atoms with Crippen molar-refractivity contribution in [3.63, 3.8) is 0 Å². The van der Waals surface area contributed by atoms with Crippen LogP contribution in [0.2, 0.25) is 0 Å². The molecule has 2 N–H and O–H groups in total. The van der Waals surface area contributed by atoms with Crippen molar-refractivity contribution in [1.82, 2.24) is 10.0 Å². The van der Waals surface area contributed by atoms with Crippen molar-refractivity contribution < 1.29 is 8.42 Å². The number of sulfonamides is 1. The Hall–Kier alpha value is -0.690. The molecule has 4 nitrogen and oxygen atoms in total. The topological polar surface area (TPSA) is 58.2 Å². The minimum atomic E-state index is -3.41. The van der Waals surface area contributed by atoms with Gasteiger partial charge in [-0.1, -0.05) is 33.6 Å². The molecule has 19 heavy (non-hydrogen) atoms. The van der Waals surface area contributed by atoms with Crippen molar-refractivity contribution in [1.29, 1.82) is 0 Å². The zero-order valence-electron chi connectivity index (χ0n) is 10.5. The van der Waals surface area contributed by atoms with Gasteiger partial charge in [0.1, 0.15) is 0 Å². The molecule has 0 saturated heterocycles. The van der Waals surface area contributed by atoms with E-state index in [0.29, 0.717) is 11.4 Å². The lowest BCUT2D eigenvalue weighted by molar-refractivity contribution is 0.579. The maximum absolute atomic E-state index is 12.1. The molecule has 0 atom stereocenters. The van der Waals surface area contributed by atoms with Crippen LogP contribution >= 0.6 is 15.9 Å². The van der Waals surface area contributed by atoms with E-state index in [1.54, 1.807) is 24.3 Å². The summed E-state index contributed by atoms with van der Waals surface area (Å²) in [5.41, 5.74) is 1.32. The van der Waals surface area contributed by atoms with Gasteiger partial charge < -0.3 is 5.32 Å². The standard InChI is InChI=1S/C13H17BrN2O2S/c14-12-2-1-3-13(10-12)19(17,18)16-9-6-11-4-7-15-8-5-11/h1-4,10,15-16H,5-9H2. The van der Waals surface area contributed by atoms with Gasteiger partial charge in [0.2, 0.25) is 10.0 Å². The summed E-state index contributed by atoms with van der Waals surface area (Å²) in [5.74, 6) is 0. The SMILES string of the molecule is O=S(=O)(NCCC1=CCNCC1)c1cccc(Br)c1. The van der Waals surface area contributed by atoms with Crippen molar-refractivity contribution in [2.24, 2.45) is 0 Å². The van der Waals surface area contributed by atoms with Crippen molar-refractivity contribution in [3.8, 4) is 0 Å². The third-order valence-corrected chi connectivity index (χ3v) is 4.95.